The fraction of sp³-hybridized carbons (Fsp3) is 0.650. The molecule has 26 heavy (non-hydrogen) atoms. The SMILES string of the molecule is CCCCOCCCNC(=O)Nc1ccc(C(C)N2CCOCC2)cc1. The van der Waals surface area contributed by atoms with E-state index in [2.05, 4.69) is 41.5 Å². The molecular formula is C20H33N3O3. The number of carbonyl (C=O) groups excluding carboxylic acids is 1. The molecule has 2 amide bonds. The number of ether oxygens (including phenoxy) is 2. The summed E-state index contributed by atoms with van der Waals surface area (Å²) in [4.78, 5) is 14.3. The Bertz CT molecular complexity index is 516. The molecule has 1 saturated heterocycles. The van der Waals surface area contributed by atoms with Crippen LogP contribution in [-0.4, -0.2) is 57.0 Å². The summed E-state index contributed by atoms with van der Waals surface area (Å²) in [6, 6.07) is 8.26. The molecule has 0 aliphatic carbocycles. The van der Waals surface area contributed by atoms with E-state index >= 15 is 0 Å². The minimum atomic E-state index is -0.174. The number of benzene rings is 1. The number of urea groups is 1. The van der Waals surface area contributed by atoms with Crippen molar-refractivity contribution < 1.29 is 14.3 Å². The lowest BCUT2D eigenvalue weighted by atomic mass is 10.1. The number of hydrogen-bond donors (Lipinski definition) is 2. The molecule has 1 heterocycles. The lowest BCUT2D eigenvalue weighted by Gasteiger charge is -2.32. The van der Waals surface area contributed by atoms with Gasteiger partial charge in [0.15, 0.2) is 0 Å². The van der Waals surface area contributed by atoms with Gasteiger partial charge in [0.05, 0.1) is 13.2 Å². The van der Waals surface area contributed by atoms with Gasteiger partial charge < -0.3 is 20.1 Å². The van der Waals surface area contributed by atoms with E-state index in [0.717, 1.165) is 57.9 Å². The number of hydrogen-bond acceptors (Lipinski definition) is 4. The van der Waals surface area contributed by atoms with Crippen molar-refractivity contribution >= 4 is 11.7 Å². The standard InChI is InChI=1S/C20H33N3O3/c1-3-4-13-25-14-5-10-21-20(24)22-19-8-6-18(7-9-19)17(2)23-11-15-26-16-12-23/h6-9,17H,3-5,10-16H2,1-2H3,(H2,21,22,24). The van der Waals surface area contributed by atoms with Gasteiger partial charge in [-0.05, 0) is 37.5 Å². The van der Waals surface area contributed by atoms with Gasteiger partial charge in [-0.2, -0.15) is 0 Å². The molecule has 1 aromatic carbocycles. The number of nitrogens with one attached hydrogen (secondary N) is 2. The second-order valence-corrected chi connectivity index (χ2v) is 6.65. The molecule has 0 aromatic heterocycles. The maximum absolute atomic E-state index is 11.9. The number of anilines is 1. The number of carbonyl (C=O) groups is 1. The van der Waals surface area contributed by atoms with Crippen molar-refractivity contribution in [2.45, 2.75) is 39.2 Å². The van der Waals surface area contributed by atoms with Crippen molar-refractivity contribution in [1.82, 2.24) is 10.2 Å². The van der Waals surface area contributed by atoms with Crippen LogP contribution in [0.4, 0.5) is 10.5 Å². The first-order valence-electron chi connectivity index (χ1n) is 9.75. The lowest BCUT2D eigenvalue weighted by molar-refractivity contribution is 0.0198. The van der Waals surface area contributed by atoms with Crippen molar-refractivity contribution in [3.05, 3.63) is 29.8 Å². The Morgan fingerprint density at radius 3 is 2.58 bits per heavy atom. The molecule has 6 heteroatoms. The average Bonchev–Trinajstić information content (AvgIpc) is 2.68. The molecule has 146 valence electrons. The lowest BCUT2D eigenvalue weighted by Crippen LogP contribution is -2.38. The first kappa shape index (κ1) is 20.7. The Morgan fingerprint density at radius 2 is 1.88 bits per heavy atom. The second kappa shape index (κ2) is 11.9. The number of rotatable bonds is 10. The van der Waals surface area contributed by atoms with Gasteiger partial charge in [-0.25, -0.2) is 4.79 Å². The quantitative estimate of drug-likeness (QED) is 0.626. The maximum atomic E-state index is 11.9. The van der Waals surface area contributed by atoms with Crippen molar-refractivity contribution in [2.24, 2.45) is 0 Å². The van der Waals surface area contributed by atoms with Crippen LogP contribution in [0.2, 0.25) is 0 Å². The summed E-state index contributed by atoms with van der Waals surface area (Å²) in [6.45, 7) is 9.99. The van der Waals surface area contributed by atoms with Crippen LogP contribution < -0.4 is 10.6 Å². The highest BCUT2D eigenvalue weighted by atomic mass is 16.5. The van der Waals surface area contributed by atoms with Crippen molar-refractivity contribution in [2.75, 3.05) is 51.4 Å². The molecule has 1 fully saturated rings. The van der Waals surface area contributed by atoms with Gasteiger partial charge in [-0.1, -0.05) is 25.5 Å². The minimum absolute atomic E-state index is 0.174. The second-order valence-electron chi connectivity index (χ2n) is 6.65. The Labute approximate surface area is 157 Å². The Balaban J connectivity index is 1.67. The van der Waals surface area contributed by atoms with Crippen LogP contribution >= 0.6 is 0 Å². The monoisotopic (exact) mass is 363 g/mol. The van der Waals surface area contributed by atoms with Gasteiger partial charge in [-0.15, -0.1) is 0 Å². The van der Waals surface area contributed by atoms with Gasteiger partial charge in [0.2, 0.25) is 0 Å². The van der Waals surface area contributed by atoms with E-state index in [0.29, 0.717) is 19.2 Å². The van der Waals surface area contributed by atoms with Crippen molar-refractivity contribution in [3.63, 3.8) is 0 Å². The molecule has 1 unspecified atom stereocenters. The highest BCUT2D eigenvalue weighted by Crippen LogP contribution is 2.22. The fourth-order valence-electron chi connectivity index (χ4n) is 2.92. The van der Waals surface area contributed by atoms with Crippen LogP contribution in [-0.2, 0) is 9.47 Å². The third-order valence-electron chi connectivity index (χ3n) is 4.64. The molecular weight excluding hydrogens is 330 g/mol. The summed E-state index contributed by atoms with van der Waals surface area (Å²) in [5, 5.41) is 5.73. The number of morpholine rings is 1. The van der Waals surface area contributed by atoms with Gasteiger partial charge in [0.1, 0.15) is 0 Å². The molecule has 1 atom stereocenters. The van der Waals surface area contributed by atoms with E-state index in [9.17, 15) is 4.79 Å². The number of amides is 2. The van der Waals surface area contributed by atoms with E-state index < -0.39 is 0 Å². The first-order chi connectivity index (χ1) is 12.7. The summed E-state index contributed by atoms with van der Waals surface area (Å²) >= 11 is 0. The summed E-state index contributed by atoms with van der Waals surface area (Å²) in [5.74, 6) is 0. The summed E-state index contributed by atoms with van der Waals surface area (Å²) in [6.07, 6.45) is 3.06. The van der Waals surface area contributed by atoms with Crippen LogP contribution in [0, 0.1) is 0 Å². The molecule has 0 bridgehead atoms. The van der Waals surface area contributed by atoms with Crippen LogP contribution in [0.25, 0.3) is 0 Å². The number of unbranched alkanes of at least 4 members (excludes halogenated alkanes) is 1. The van der Waals surface area contributed by atoms with Crippen LogP contribution in [0.5, 0.6) is 0 Å². The van der Waals surface area contributed by atoms with E-state index in [-0.39, 0.29) is 6.03 Å². The zero-order valence-corrected chi connectivity index (χ0v) is 16.1. The third-order valence-corrected chi connectivity index (χ3v) is 4.64. The van der Waals surface area contributed by atoms with E-state index in [1.165, 1.54) is 5.56 Å². The molecule has 0 spiro atoms. The number of nitrogens with zero attached hydrogens (tertiary/aromatic N) is 1. The topological polar surface area (TPSA) is 62.8 Å². The molecule has 1 aromatic rings. The van der Waals surface area contributed by atoms with Gasteiger partial charge in [-0.3, -0.25) is 4.90 Å². The van der Waals surface area contributed by atoms with E-state index in [1.54, 1.807) is 0 Å². The molecule has 2 rings (SSSR count). The fourth-order valence-corrected chi connectivity index (χ4v) is 2.92. The summed E-state index contributed by atoms with van der Waals surface area (Å²) in [7, 11) is 0. The highest BCUT2D eigenvalue weighted by molar-refractivity contribution is 5.89. The predicted molar refractivity (Wildman–Crippen MR) is 105 cm³/mol. The smallest absolute Gasteiger partial charge is 0.319 e. The zero-order valence-electron chi connectivity index (χ0n) is 16.1. The van der Waals surface area contributed by atoms with E-state index in [1.807, 2.05) is 12.1 Å². The van der Waals surface area contributed by atoms with Crippen LogP contribution in [0.15, 0.2) is 24.3 Å². The normalized spacial score (nSPS) is 16.2. The van der Waals surface area contributed by atoms with Crippen molar-refractivity contribution in [3.8, 4) is 0 Å². The minimum Gasteiger partial charge on any atom is -0.381 e. The van der Waals surface area contributed by atoms with Gasteiger partial charge >= 0.3 is 6.03 Å². The largest absolute Gasteiger partial charge is 0.381 e. The van der Waals surface area contributed by atoms with Gasteiger partial charge in [0.25, 0.3) is 0 Å². The molecule has 1 aliphatic rings. The van der Waals surface area contributed by atoms with Crippen LogP contribution in [0.1, 0.15) is 44.7 Å². The Kier molecular flexibility index (Phi) is 9.45. The molecule has 0 radical (unpaired) electrons. The molecule has 1 aliphatic heterocycles. The van der Waals surface area contributed by atoms with Gasteiger partial charge in [0, 0.05) is 44.6 Å². The average molecular weight is 364 g/mol. The summed E-state index contributed by atoms with van der Waals surface area (Å²) < 4.78 is 10.9. The van der Waals surface area contributed by atoms with E-state index in [4.69, 9.17) is 9.47 Å². The van der Waals surface area contributed by atoms with Crippen molar-refractivity contribution in [1.29, 1.82) is 0 Å². The predicted octanol–water partition coefficient (Wildman–Crippen LogP) is 3.41. The Morgan fingerprint density at radius 1 is 1.19 bits per heavy atom. The first-order valence-corrected chi connectivity index (χ1v) is 9.75. The zero-order chi connectivity index (χ0) is 18.6. The maximum Gasteiger partial charge on any atom is 0.319 e. The van der Waals surface area contributed by atoms with Crippen LogP contribution in [0.3, 0.4) is 0 Å². The highest BCUT2D eigenvalue weighted by Gasteiger charge is 2.18. The molecule has 0 saturated carbocycles. The Hall–Kier alpha value is -1.63. The molecule has 6 nitrogen and oxygen atoms in total. The summed E-state index contributed by atoms with van der Waals surface area (Å²) in [5.41, 5.74) is 2.06. The molecule has 2 N–H and O–H groups in total. The third kappa shape index (κ3) is 7.32.